The van der Waals surface area contributed by atoms with E-state index in [1.165, 1.54) is 6.07 Å². The van der Waals surface area contributed by atoms with Crippen molar-refractivity contribution in [2.24, 2.45) is 4.99 Å². The highest BCUT2D eigenvalue weighted by molar-refractivity contribution is 6.13. The number of rotatable bonds is 3. The summed E-state index contributed by atoms with van der Waals surface area (Å²) < 4.78 is 27.8. The van der Waals surface area contributed by atoms with E-state index in [0.717, 1.165) is 35.2 Å². The van der Waals surface area contributed by atoms with E-state index >= 15 is 0 Å². The van der Waals surface area contributed by atoms with E-state index in [2.05, 4.69) is 0 Å². The van der Waals surface area contributed by atoms with Gasteiger partial charge in [-0.2, -0.15) is 0 Å². The van der Waals surface area contributed by atoms with Gasteiger partial charge in [-0.15, -0.1) is 0 Å². The molecule has 0 aromatic heterocycles. The number of aliphatic imine (C=N–C) groups is 1. The van der Waals surface area contributed by atoms with Gasteiger partial charge in [-0.1, -0.05) is 66.7 Å². The van der Waals surface area contributed by atoms with E-state index in [-0.39, 0.29) is 6.04 Å². The number of benzene rings is 3. The quantitative estimate of drug-likeness (QED) is 0.525. The smallest absolute Gasteiger partial charge is 0.162 e. The van der Waals surface area contributed by atoms with Crippen LogP contribution >= 0.6 is 0 Å². The minimum Gasteiger partial charge on any atom is -0.276 e. The van der Waals surface area contributed by atoms with Gasteiger partial charge in [0.2, 0.25) is 0 Å². The molecular weight excluding hydrogens is 328 g/mol. The molecule has 3 aromatic rings. The zero-order valence-electron chi connectivity index (χ0n) is 14.3. The third-order valence-electron chi connectivity index (χ3n) is 4.88. The van der Waals surface area contributed by atoms with E-state index < -0.39 is 11.6 Å². The van der Waals surface area contributed by atoms with Gasteiger partial charge >= 0.3 is 0 Å². The summed E-state index contributed by atoms with van der Waals surface area (Å²) in [5.41, 5.74) is 4.21. The standard InChI is InChI=1S/C23H19F2N/c24-20-15-14-18-19(22(20)25)12-7-13-21(18)26-23(16-8-3-1-4-9-16)17-10-5-2-6-11-17/h1-6,8-11,14-15,21H,7,12-13H2. The van der Waals surface area contributed by atoms with Crippen LogP contribution in [0.25, 0.3) is 0 Å². The second-order valence-corrected chi connectivity index (χ2v) is 6.55. The number of fused-ring (bicyclic) bond motifs is 1. The first-order valence-corrected chi connectivity index (χ1v) is 8.89. The third kappa shape index (κ3) is 3.17. The van der Waals surface area contributed by atoms with Crippen LogP contribution in [0.15, 0.2) is 77.8 Å². The minimum atomic E-state index is -0.778. The minimum absolute atomic E-state index is 0.163. The average molecular weight is 347 g/mol. The summed E-state index contributed by atoms with van der Waals surface area (Å²) in [4.78, 5) is 5.02. The predicted molar refractivity (Wildman–Crippen MR) is 101 cm³/mol. The Bertz CT molecular complexity index is 892. The topological polar surface area (TPSA) is 12.4 Å². The molecule has 0 heterocycles. The van der Waals surface area contributed by atoms with E-state index in [4.69, 9.17) is 4.99 Å². The maximum absolute atomic E-state index is 14.2. The Balaban J connectivity index is 1.84. The zero-order valence-corrected chi connectivity index (χ0v) is 14.3. The molecule has 0 fully saturated rings. The molecule has 3 aromatic carbocycles. The van der Waals surface area contributed by atoms with E-state index in [1.54, 1.807) is 6.07 Å². The number of nitrogens with zero attached hydrogens (tertiary/aromatic N) is 1. The lowest BCUT2D eigenvalue weighted by Crippen LogP contribution is -2.14. The predicted octanol–water partition coefficient (Wildman–Crippen LogP) is 5.88. The van der Waals surface area contributed by atoms with Gasteiger partial charge < -0.3 is 0 Å². The molecule has 1 nitrogen and oxygen atoms in total. The van der Waals surface area contributed by atoms with Gasteiger partial charge in [0.25, 0.3) is 0 Å². The highest BCUT2D eigenvalue weighted by atomic mass is 19.2. The molecule has 1 unspecified atom stereocenters. The fraction of sp³-hybridized carbons (Fsp3) is 0.174. The van der Waals surface area contributed by atoms with Crippen molar-refractivity contribution in [3.63, 3.8) is 0 Å². The number of hydrogen-bond donors (Lipinski definition) is 0. The van der Waals surface area contributed by atoms with Crippen molar-refractivity contribution < 1.29 is 8.78 Å². The molecule has 0 aliphatic heterocycles. The van der Waals surface area contributed by atoms with Crippen LogP contribution in [0.2, 0.25) is 0 Å². The van der Waals surface area contributed by atoms with Crippen LogP contribution in [0.1, 0.15) is 41.1 Å². The van der Waals surface area contributed by atoms with Crippen LogP contribution in [0.4, 0.5) is 8.78 Å². The highest BCUT2D eigenvalue weighted by Gasteiger charge is 2.25. The Hall–Kier alpha value is -2.81. The zero-order chi connectivity index (χ0) is 17.9. The summed E-state index contributed by atoms with van der Waals surface area (Å²) in [6, 6.07) is 22.7. The van der Waals surface area contributed by atoms with E-state index in [0.29, 0.717) is 12.0 Å². The summed E-state index contributed by atoms with van der Waals surface area (Å²) in [6.45, 7) is 0. The fourth-order valence-electron chi connectivity index (χ4n) is 3.60. The van der Waals surface area contributed by atoms with Gasteiger partial charge in [-0.25, -0.2) is 8.78 Å². The SMILES string of the molecule is Fc1ccc2c(c1F)CCCC2N=C(c1ccccc1)c1ccccc1. The second kappa shape index (κ2) is 7.20. The summed E-state index contributed by atoms with van der Waals surface area (Å²) in [5, 5.41) is 0. The highest BCUT2D eigenvalue weighted by Crippen LogP contribution is 2.35. The van der Waals surface area contributed by atoms with Crippen LogP contribution in [-0.2, 0) is 6.42 Å². The van der Waals surface area contributed by atoms with Crippen LogP contribution in [-0.4, -0.2) is 5.71 Å². The van der Waals surface area contributed by atoms with Crippen LogP contribution < -0.4 is 0 Å². The van der Waals surface area contributed by atoms with Crippen LogP contribution in [0, 0.1) is 11.6 Å². The van der Waals surface area contributed by atoms with Crippen molar-refractivity contribution >= 4 is 5.71 Å². The molecule has 1 aliphatic carbocycles. The molecule has 4 rings (SSSR count). The second-order valence-electron chi connectivity index (χ2n) is 6.55. The summed E-state index contributed by atoms with van der Waals surface area (Å²) in [6.07, 6.45) is 2.20. The van der Waals surface area contributed by atoms with Crippen molar-refractivity contribution in [3.05, 3.63) is 107 Å². The first kappa shape index (κ1) is 16.6. The van der Waals surface area contributed by atoms with Crippen molar-refractivity contribution in [2.45, 2.75) is 25.3 Å². The molecule has 0 saturated carbocycles. The molecule has 26 heavy (non-hydrogen) atoms. The van der Waals surface area contributed by atoms with Gasteiger partial charge in [-0.05, 0) is 36.5 Å². The van der Waals surface area contributed by atoms with Gasteiger partial charge in [0.1, 0.15) is 0 Å². The number of hydrogen-bond acceptors (Lipinski definition) is 1. The molecule has 0 amide bonds. The largest absolute Gasteiger partial charge is 0.276 e. The Kier molecular flexibility index (Phi) is 4.61. The molecule has 1 atom stereocenters. The lowest BCUT2D eigenvalue weighted by molar-refractivity contribution is 0.475. The Morgan fingerprint density at radius 3 is 2.04 bits per heavy atom. The average Bonchev–Trinajstić information content (AvgIpc) is 2.70. The maximum atomic E-state index is 14.2. The first-order valence-electron chi connectivity index (χ1n) is 8.89. The molecule has 3 heteroatoms. The van der Waals surface area contributed by atoms with Crippen LogP contribution in [0.5, 0.6) is 0 Å². The fourth-order valence-corrected chi connectivity index (χ4v) is 3.60. The molecule has 0 N–H and O–H groups in total. The lowest BCUT2D eigenvalue weighted by Gasteiger charge is -2.24. The van der Waals surface area contributed by atoms with Crippen molar-refractivity contribution in [1.29, 1.82) is 0 Å². The Labute approximate surface area is 152 Å². The summed E-state index contributed by atoms with van der Waals surface area (Å²) >= 11 is 0. The first-order chi connectivity index (χ1) is 12.7. The van der Waals surface area contributed by atoms with E-state index in [1.807, 2.05) is 60.7 Å². The molecular formula is C23H19F2N. The Morgan fingerprint density at radius 1 is 0.808 bits per heavy atom. The lowest BCUT2D eigenvalue weighted by atomic mass is 9.87. The normalized spacial score (nSPS) is 16.0. The van der Waals surface area contributed by atoms with E-state index in [9.17, 15) is 8.78 Å². The molecule has 130 valence electrons. The summed E-state index contributed by atoms with van der Waals surface area (Å²) in [5.74, 6) is -1.50. The van der Waals surface area contributed by atoms with Crippen molar-refractivity contribution in [1.82, 2.24) is 0 Å². The molecule has 1 aliphatic rings. The van der Waals surface area contributed by atoms with Crippen molar-refractivity contribution in [3.8, 4) is 0 Å². The molecule has 0 spiro atoms. The van der Waals surface area contributed by atoms with Gasteiger partial charge in [-0.3, -0.25) is 4.99 Å². The Morgan fingerprint density at radius 2 is 1.42 bits per heavy atom. The maximum Gasteiger partial charge on any atom is 0.162 e. The molecule has 0 bridgehead atoms. The number of halogens is 2. The summed E-state index contributed by atoms with van der Waals surface area (Å²) in [7, 11) is 0. The van der Waals surface area contributed by atoms with Crippen molar-refractivity contribution in [2.75, 3.05) is 0 Å². The van der Waals surface area contributed by atoms with Gasteiger partial charge in [0, 0.05) is 11.1 Å². The third-order valence-corrected chi connectivity index (χ3v) is 4.88. The van der Waals surface area contributed by atoms with Gasteiger partial charge in [0.05, 0.1) is 11.8 Å². The monoisotopic (exact) mass is 347 g/mol. The van der Waals surface area contributed by atoms with Crippen LogP contribution in [0.3, 0.4) is 0 Å². The van der Waals surface area contributed by atoms with Gasteiger partial charge in [0.15, 0.2) is 11.6 Å². The molecule has 0 saturated heterocycles. The molecule has 0 radical (unpaired) electrons.